The van der Waals surface area contributed by atoms with E-state index in [1.165, 1.54) is 9.80 Å². The molecule has 30 heavy (non-hydrogen) atoms. The number of ether oxygens (including phenoxy) is 1. The van der Waals surface area contributed by atoms with Crippen LogP contribution in [0.2, 0.25) is 0 Å². The minimum absolute atomic E-state index is 0.157. The number of allylic oxidation sites excluding steroid dienone is 2. The van der Waals surface area contributed by atoms with Crippen LogP contribution in [-0.4, -0.2) is 65.9 Å². The van der Waals surface area contributed by atoms with E-state index in [0.29, 0.717) is 6.54 Å². The third kappa shape index (κ3) is 8.24. The zero-order chi connectivity index (χ0) is 22.0. The quantitative estimate of drug-likeness (QED) is 0.729. The zero-order valence-electron chi connectivity index (χ0n) is 18.4. The number of piperazine rings is 1. The van der Waals surface area contributed by atoms with E-state index in [2.05, 4.69) is 18.3 Å². The van der Waals surface area contributed by atoms with Gasteiger partial charge in [0.15, 0.2) is 0 Å². The summed E-state index contributed by atoms with van der Waals surface area (Å²) in [5.74, 6) is 1.19. The number of hydrogen-bond donors (Lipinski definition) is 1. The molecule has 2 aliphatic heterocycles. The third-order valence-electron chi connectivity index (χ3n) is 4.24. The largest absolute Gasteiger partial charge is 0.443 e. The lowest BCUT2D eigenvalue weighted by Gasteiger charge is -2.27. The van der Waals surface area contributed by atoms with Crippen LogP contribution in [0.1, 0.15) is 38.1 Å². The molecule has 0 spiro atoms. The molecule has 3 rings (SSSR count). The summed E-state index contributed by atoms with van der Waals surface area (Å²) in [4.78, 5) is 28.3. The van der Waals surface area contributed by atoms with E-state index in [4.69, 9.17) is 4.74 Å². The first-order valence-electron chi connectivity index (χ1n) is 10.4. The molecule has 0 unspecified atom stereocenters. The Morgan fingerprint density at radius 2 is 1.90 bits per heavy atom. The van der Waals surface area contributed by atoms with Gasteiger partial charge in [0.2, 0.25) is 0 Å². The van der Waals surface area contributed by atoms with Gasteiger partial charge in [0.25, 0.3) is 5.91 Å². The number of nitrogens with one attached hydrogen (secondary N) is 1. The second kappa shape index (κ2) is 11.8. The first-order chi connectivity index (χ1) is 14.3. The van der Waals surface area contributed by atoms with Gasteiger partial charge in [-0.2, -0.15) is 0 Å². The molecule has 1 saturated heterocycles. The molecule has 1 N–H and O–H groups in total. The summed E-state index contributed by atoms with van der Waals surface area (Å²) in [5, 5.41) is 3.25. The summed E-state index contributed by atoms with van der Waals surface area (Å²) in [7, 11) is 0. The minimum Gasteiger partial charge on any atom is -0.443 e. The van der Waals surface area contributed by atoms with Gasteiger partial charge in [-0.15, -0.1) is 11.8 Å². The number of carbonyl (C=O) groups is 2. The molecular formula is C23H33N3O3S. The number of thioether (sulfide) groups is 1. The molecule has 0 bridgehead atoms. The molecule has 0 aliphatic carbocycles. The molecule has 1 aromatic carbocycles. The Kier molecular flexibility index (Phi) is 9.46. The first-order valence-corrected chi connectivity index (χ1v) is 11.3. The summed E-state index contributed by atoms with van der Waals surface area (Å²) in [6.07, 6.45) is 7.04. The molecule has 0 saturated carbocycles. The van der Waals surface area contributed by atoms with Crippen molar-refractivity contribution >= 4 is 23.8 Å². The summed E-state index contributed by atoms with van der Waals surface area (Å²) in [5.41, 5.74) is 0.386. The maximum Gasteiger partial charge on any atom is 0.414 e. The van der Waals surface area contributed by atoms with Gasteiger partial charge in [-0.3, -0.25) is 9.69 Å². The fourth-order valence-corrected chi connectivity index (χ4v) is 3.58. The molecule has 1 aromatic rings. The highest BCUT2D eigenvalue weighted by molar-refractivity contribution is 7.99. The average Bonchev–Trinajstić information content (AvgIpc) is 2.74. The van der Waals surface area contributed by atoms with Crippen LogP contribution in [0.15, 0.2) is 53.6 Å². The van der Waals surface area contributed by atoms with Crippen molar-refractivity contribution in [2.45, 2.75) is 38.2 Å². The van der Waals surface area contributed by atoms with Crippen LogP contribution in [0.3, 0.4) is 0 Å². The summed E-state index contributed by atoms with van der Waals surface area (Å²) < 4.78 is 5.18. The maximum absolute atomic E-state index is 12.2. The Hall–Kier alpha value is -2.25. The molecular weight excluding hydrogens is 398 g/mol. The van der Waals surface area contributed by atoms with Gasteiger partial charge >= 0.3 is 6.09 Å². The second-order valence-electron chi connectivity index (χ2n) is 7.91. The van der Waals surface area contributed by atoms with Crippen molar-refractivity contribution in [3.63, 3.8) is 0 Å². The molecule has 2 amide bonds. The average molecular weight is 432 g/mol. The highest BCUT2D eigenvalue weighted by Gasteiger charge is 2.20. The fraction of sp³-hybridized carbons (Fsp3) is 0.478. The SMILES string of the molecule is CC(C)(C)OC(=O)N1C=CC=CC1.CCSc1cccc(C(=O)N2CCNCC2)c1. The van der Waals surface area contributed by atoms with Crippen molar-refractivity contribution in [3.8, 4) is 0 Å². The van der Waals surface area contributed by atoms with E-state index >= 15 is 0 Å². The van der Waals surface area contributed by atoms with Crippen molar-refractivity contribution < 1.29 is 14.3 Å². The fourth-order valence-electron chi connectivity index (χ4n) is 2.86. The Balaban J connectivity index is 0.000000222. The molecule has 0 radical (unpaired) electrons. The highest BCUT2D eigenvalue weighted by atomic mass is 32.2. The van der Waals surface area contributed by atoms with Crippen LogP contribution < -0.4 is 5.32 Å². The molecule has 2 heterocycles. The van der Waals surface area contributed by atoms with Crippen LogP contribution in [-0.2, 0) is 4.74 Å². The van der Waals surface area contributed by atoms with Gasteiger partial charge in [0, 0.05) is 49.4 Å². The smallest absolute Gasteiger partial charge is 0.414 e. The van der Waals surface area contributed by atoms with Crippen molar-refractivity contribution in [1.29, 1.82) is 0 Å². The van der Waals surface area contributed by atoms with Crippen molar-refractivity contribution in [3.05, 3.63) is 54.3 Å². The van der Waals surface area contributed by atoms with E-state index in [1.807, 2.05) is 62.1 Å². The number of rotatable bonds is 3. The lowest BCUT2D eigenvalue weighted by Crippen LogP contribution is -2.46. The molecule has 6 nitrogen and oxygen atoms in total. The zero-order valence-corrected chi connectivity index (χ0v) is 19.2. The lowest BCUT2D eigenvalue weighted by atomic mass is 10.2. The lowest BCUT2D eigenvalue weighted by molar-refractivity contribution is 0.0350. The second-order valence-corrected chi connectivity index (χ2v) is 9.24. The number of hydrogen-bond acceptors (Lipinski definition) is 5. The van der Waals surface area contributed by atoms with Gasteiger partial charge in [0.05, 0.1) is 0 Å². The van der Waals surface area contributed by atoms with Crippen molar-refractivity contribution in [2.24, 2.45) is 0 Å². The molecule has 0 aromatic heterocycles. The number of nitrogens with zero attached hydrogens (tertiary/aromatic N) is 2. The number of carbonyl (C=O) groups excluding carboxylic acids is 2. The van der Waals surface area contributed by atoms with Crippen LogP contribution >= 0.6 is 11.8 Å². The van der Waals surface area contributed by atoms with E-state index in [1.54, 1.807) is 18.0 Å². The van der Waals surface area contributed by atoms with Gasteiger partial charge in [-0.1, -0.05) is 25.1 Å². The molecule has 0 atom stereocenters. The number of amides is 2. The van der Waals surface area contributed by atoms with E-state index in [0.717, 1.165) is 37.5 Å². The Bertz CT molecular complexity index is 765. The predicted molar refractivity (Wildman–Crippen MR) is 123 cm³/mol. The first kappa shape index (κ1) is 24.0. The molecule has 164 valence electrons. The highest BCUT2D eigenvalue weighted by Crippen LogP contribution is 2.19. The normalized spacial score (nSPS) is 16.0. The van der Waals surface area contributed by atoms with E-state index in [-0.39, 0.29) is 12.0 Å². The molecule has 7 heteroatoms. The van der Waals surface area contributed by atoms with Crippen LogP contribution in [0.4, 0.5) is 4.79 Å². The van der Waals surface area contributed by atoms with Crippen molar-refractivity contribution in [2.75, 3.05) is 38.5 Å². The minimum atomic E-state index is -0.425. The predicted octanol–water partition coefficient (Wildman–Crippen LogP) is 4.15. The van der Waals surface area contributed by atoms with Gasteiger partial charge in [0.1, 0.15) is 5.60 Å². The van der Waals surface area contributed by atoms with Crippen LogP contribution in [0.5, 0.6) is 0 Å². The third-order valence-corrected chi connectivity index (χ3v) is 5.12. The van der Waals surface area contributed by atoms with Crippen LogP contribution in [0, 0.1) is 0 Å². The van der Waals surface area contributed by atoms with Gasteiger partial charge in [-0.05, 0) is 50.8 Å². The topological polar surface area (TPSA) is 61.9 Å². The summed E-state index contributed by atoms with van der Waals surface area (Å²) in [6, 6.07) is 7.93. The Labute approximate surface area is 184 Å². The van der Waals surface area contributed by atoms with E-state index < -0.39 is 5.60 Å². The van der Waals surface area contributed by atoms with E-state index in [9.17, 15) is 9.59 Å². The number of benzene rings is 1. The monoisotopic (exact) mass is 431 g/mol. The maximum atomic E-state index is 12.2. The Morgan fingerprint density at radius 3 is 2.50 bits per heavy atom. The molecule has 1 fully saturated rings. The standard InChI is InChI=1S/C13H18N2OS.C10H15NO2/c1-2-17-12-5-3-4-11(10-12)13(16)15-8-6-14-7-9-15;1-10(2,3)13-9(12)11-7-5-4-6-8-11/h3-5,10,14H,2,6-9H2,1H3;4-7H,8H2,1-3H3. The molecule has 2 aliphatic rings. The van der Waals surface area contributed by atoms with Gasteiger partial charge in [-0.25, -0.2) is 4.79 Å². The summed E-state index contributed by atoms with van der Waals surface area (Å²) in [6.45, 7) is 11.7. The summed E-state index contributed by atoms with van der Waals surface area (Å²) >= 11 is 1.77. The van der Waals surface area contributed by atoms with Crippen molar-refractivity contribution in [1.82, 2.24) is 15.1 Å². The van der Waals surface area contributed by atoms with Crippen LogP contribution in [0.25, 0.3) is 0 Å². The Morgan fingerprint density at radius 1 is 1.17 bits per heavy atom. The van der Waals surface area contributed by atoms with Gasteiger partial charge < -0.3 is 15.0 Å².